The molecule has 96 valence electrons. The van der Waals surface area contributed by atoms with Crippen LogP contribution in [0.2, 0.25) is 0 Å². The van der Waals surface area contributed by atoms with Crippen molar-refractivity contribution in [3.8, 4) is 11.5 Å². The molecule has 0 fully saturated rings. The number of halogens is 1. The average molecular weight is 249 g/mol. The summed E-state index contributed by atoms with van der Waals surface area (Å²) in [5.74, 6) is 0.357. The predicted molar refractivity (Wildman–Crippen MR) is 66.4 cm³/mol. The smallest absolute Gasteiger partial charge is 0.260 e. The summed E-state index contributed by atoms with van der Waals surface area (Å²) in [5, 5.41) is 3.81. The molecule has 4 nitrogen and oxygen atoms in total. The normalized spacial score (nSPS) is 12.7. The third-order valence-electron chi connectivity index (χ3n) is 2.79. The van der Waals surface area contributed by atoms with Crippen molar-refractivity contribution >= 4 is 0 Å². The highest BCUT2D eigenvalue weighted by Gasteiger charge is 2.14. The molecule has 1 heterocycles. The topological polar surface area (TPSA) is 64.9 Å². The summed E-state index contributed by atoms with van der Waals surface area (Å²) in [7, 11) is 0. The summed E-state index contributed by atoms with van der Waals surface area (Å²) in [5.41, 5.74) is 6.98. The van der Waals surface area contributed by atoms with E-state index in [0.717, 1.165) is 12.0 Å². The number of rotatable bonds is 4. The monoisotopic (exact) mass is 249 g/mol. The van der Waals surface area contributed by atoms with Gasteiger partial charge in [-0.1, -0.05) is 18.1 Å². The SMILES string of the molecule is CCC(N)Cc1noc(-c2ccc(C)cc2F)n1. The number of nitrogens with two attached hydrogens (primary N) is 1. The molecule has 5 heteroatoms. The van der Waals surface area contributed by atoms with E-state index in [1.165, 1.54) is 6.07 Å². The van der Waals surface area contributed by atoms with Crippen LogP contribution in [0.15, 0.2) is 22.7 Å². The highest BCUT2D eigenvalue weighted by Crippen LogP contribution is 2.22. The lowest BCUT2D eigenvalue weighted by molar-refractivity contribution is 0.417. The van der Waals surface area contributed by atoms with Gasteiger partial charge in [-0.05, 0) is 31.0 Å². The molecule has 1 atom stereocenters. The van der Waals surface area contributed by atoms with E-state index in [4.69, 9.17) is 10.3 Å². The number of hydrogen-bond donors (Lipinski definition) is 1. The standard InChI is InChI=1S/C13H16FN3O/c1-3-9(15)7-12-16-13(18-17-12)10-5-4-8(2)6-11(10)14/h4-6,9H,3,7,15H2,1-2H3. The summed E-state index contributed by atoms with van der Waals surface area (Å²) in [6, 6.07) is 4.89. The molecule has 2 aromatic rings. The fourth-order valence-corrected chi connectivity index (χ4v) is 1.62. The minimum absolute atomic E-state index is 0.00156. The summed E-state index contributed by atoms with van der Waals surface area (Å²) in [6.45, 7) is 3.82. The highest BCUT2D eigenvalue weighted by molar-refractivity contribution is 5.54. The summed E-state index contributed by atoms with van der Waals surface area (Å²) in [4.78, 5) is 4.16. The van der Waals surface area contributed by atoms with Crippen LogP contribution in [0.4, 0.5) is 4.39 Å². The Balaban J connectivity index is 2.24. The average Bonchev–Trinajstić information content (AvgIpc) is 2.77. The Morgan fingerprint density at radius 3 is 2.89 bits per heavy atom. The fourth-order valence-electron chi connectivity index (χ4n) is 1.62. The molecular formula is C13H16FN3O. The van der Waals surface area contributed by atoms with Gasteiger partial charge in [0.2, 0.25) is 0 Å². The minimum Gasteiger partial charge on any atom is -0.334 e. The van der Waals surface area contributed by atoms with Crippen LogP contribution in [0, 0.1) is 12.7 Å². The maximum absolute atomic E-state index is 13.7. The Kier molecular flexibility index (Phi) is 3.72. The van der Waals surface area contributed by atoms with E-state index in [-0.39, 0.29) is 17.7 Å². The van der Waals surface area contributed by atoms with Crippen LogP contribution < -0.4 is 5.73 Å². The first-order chi connectivity index (χ1) is 8.60. The number of aryl methyl sites for hydroxylation is 1. The molecule has 1 aromatic carbocycles. The van der Waals surface area contributed by atoms with Crippen molar-refractivity contribution < 1.29 is 8.91 Å². The van der Waals surface area contributed by atoms with Crippen LogP contribution in [-0.4, -0.2) is 16.2 Å². The second-order valence-corrected chi connectivity index (χ2v) is 4.37. The van der Waals surface area contributed by atoms with Crippen molar-refractivity contribution in [1.29, 1.82) is 0 Å². The molecule has 0 saturated heterocycles. The zero-order chi connectivity index (χ0) is 13.1. The molecular weight excluding hydrogens is 233 g/mol. The molecule has 2 N–H and O–H groups in total. The van der Waals surface area contributed by atoms with E-state index in [9.17, 15) is 4.39 Å². The molecule has 1 aromatic heterocycles. The van der Waals surface area contributed by atoms with Crippen LogP contribution >= 0.6 is 0 Å². The van der Waals surface area contributed by atoms with Crippen molar-refractivity contribution in [2.45, 2.75) is 32.7 Å². The van der Waals surface area contributed by atoms with Crippen LogP contribution in [0.1, 0.15) is 24.7 Å². The van der Waals surface area contributed by atoms with Crippen molar-refractivity contribution in [3.05, 3.63) is 35.4 Å². The Hall–Kier alpha value is -1.75. The second kappa shape index (κ2) is 5.27. The van der Waals surface area contributed by atoms with Crippen molar-refractivity contribution in [2.24, 2.45) is 5.73 Å². The van der Waals surface area contributed by atoms with Crippen molar-refractivity contribution in [1.82, 2.24) is 10.1 Å². The van der Waals surface area contributed by atoms with E-state index in [1.54, 1.807) is 12.1 Å². The zero-order valence-electron chi connectivity index (χ0n) is 10.5. The van der Waals surface area contributed by atoms with E-state index in [1.807, 2.05) is 13.8 Å². The molecule has 0 aliphatic rings. The van der Waals surface area contributed by atoms with E-state index in [0.29, 0.717) is 17.8 Å². The lowest BCUT2D eigenvalue weighted by Crippen LogP contribution is -2.21. The third-order valence-corrected chi connectivity index (χ3v) is 2.79. The Morgan fingerprint density at radius 1 is 1.44 bits per heavy atom. The van der Waals surface area contributed by atoms with E-state index < -0.39 is 0 Å². The van der Waals surface area contributed by atoms with Crippen molar-refractivity contribution in [2.75, 3.05) is 0 Å². The van der Waals surface area contributed by atoms with Gasteiger partial charge >= 0.3 is 0 Å². The molecule has 0 radical (unpaired) electrons. The summed E-state index contributed by atoms with van der Waals surface area (Å²) < 4.78 is 18.8. The molecule has 0 aliphatic heterocycles. The van der Waals surface area contributed by atoms with Gasteiger partial charge in [-0.2, -0.15) is 4.98 Å². The number of benzene rings is 1. The summed E-state index contributed by atoms with van der Waals surface area (Å²) in [6.07, 6.45) is 1.37. The first-order valence-electron chi connectivity index (χ1n) is 5.95. The van der Waals surface area contributed by atoms with Gasteiger partial charge in [0, 0.05) is 12.5 Å². The molecule has 0 aliphatic carbocycles. The lowest BCUT2D eigenvalue weighted by atomic mass is 10.1. The second-order valence-electron chi connectivity index (χ2n) is 4.37. The molecule has 0 bridgehead atoms. The number of aromatic nitrogens is 2. The number of hydrogen-bond acceptors (Lipinski definition) is 4. The lowest BCUT2D eigenvalue weighted by Gasteiger charge is -2.02. The van der Waals surface area contributed by atoms with Gasteiger partial charge in [-0.15, -0.1) is 0 Å². The molecule has 2 rings (SSSR count). The van der Waals surface area contributed by atoms with E-state index in [2.05, 4.69) is 10.1 Å². The number of nitrogens with zero attached hydrogens (tertiary/aromatic N) is 2. The van der Waals surface area contributed by atoms with Crippen LogP contribution in [0.3, 0.4) is 0 Å². The Morgan fingerprint density at radius 2 is 2.22 bits per heavy atom. The largest absolute Gasteiger partial charge is 0.334 e. The Labute approximate surface area is 105 Å². The maximum atomic E-state index is 13.7. The first kappa shape index (κ1) is 12.7. The summed E-state index contributed by atoms with van der Waals surface area (Å²) >= 11 is 0. The van der Waals surface area contributed by atoms with Gasteiger partial charge in [0.25, 0.3) is 5.89 Å². The van der Waals surface area contributed by atoms with Gasteiger partial charge in [-0.25, -0.2) is 4.39 Å². The maximum Gasteiger partial charge on any atom is 0.260 e. The van der Waals surface area contributed by atoms with Crippen LogP contribution in [-0.2, 0) is 6.42 Å². The molecule has 1 unspecified atom stereocenters. The Bertz CT molecular complexity index is 539. The van der Waals surface area contributed by atoms with Crippen molar-refractivity contribution in [3.63, 3.8) is 0 Å². The molecule has 0 spiro atoms. The van der Waals surface area contributed by atoms with Crippen LogP contribution in [0.5, 0.6) is 0 Å². The van der Waals surface area contributed by atoms with Gasteiger partial charge in [0.1, 0.15) is 5.82 Å². The van der Waals surface area contributed by atoms with Gasteiger partial charge in [-0.3, -0.25) is 0 Å². The fraction of sp³-hybridized carbons (Fsp3) is 0.385. The molecule has 0 saturated carbocycles. The van der Waals surface area contributed by atoms with Crippen LogP contribution in [0.25, 0.3) is 11.5 Å². The molecule has 18 heavy (non-hydrogen) atoms. The van der Waals surface area contributed by atoms with E-state index >= 15 is 0 Å². The highest BCUT2D eigenvalue weighted by atomic mass is 19.1. The zero-order valence-corrected chi connectivity index (χ0v) is 10.5. The van der Waals surface area contributed by atoms with Gasteiger partial charge in [0.15, 0.2) is 5.82 Å². The van der Waals surface area contributed by atoms with Gasteiger partial charge in [0.05, 0.1) is 5.56 Å². The quantitative estimate of drug-likeness (QED) is 0.904. The third kappa shape index (κ3) is 2.73. The minimum atomic E-state index is -0.356. The van der Waals surface area contributed by atoms with Gasteiger partial charge < -0.3 is 10.3 Å². The predicted octanol–water partition coefficient (Wildman–Crippen LogP) is 2.46. The molecule has 0 amide bonds. The first-order valence-corrected chi connectivity index (χ1v) is 5.95.